The number of benzene rings is 2. The van der Waals surface area contributed by atoms with E-state index in [0.717, 1.165) is 22.3 Å². The SMILES string of the molecule is CO[C@@H](C)C12c3ccccc3C(c3ccccc31)[C@]1(Br)C(=O)OC(=O)[C@H]21. The summed E-state index contributed by atoms with van der Waals surface area (Å²) in [7, 11) is 1.64. The summed E-state index contributed by atoms with van der Waals surface area (Å²) in [6.07, 6.45) is -0.327. The minimum absolute atomic E-state index is 0.273. The number of carbonyl (C=O) groups is 2. The largest absolute Gasteiger partial charge is 0.392 e. The van der Waals surface area contributed by atoms with Gasteiger partial charge in [0.15, 0.2) is 0 Å². The molecule has 2 aromatic carbocycles. The molecule has 0 radical (unpaired) electrons. The van der Waals surface area contributed by atoms with E-state index in [0.29, 0.717) is 0 Å². The lowest BCUT2D eigenvalue weighted by Gasteiger charge is -2.58. The standard InChI is InChI=1S/C21H17BrO4/c1-11(25-2)20-14-9-5-3-7-12(14)16(13-8-4-6-10-15(13)20)21(22)17(20)18(23)26-19(21)24/h3-11,16-17H,1-2H3/t11-,16?,17+,20?,21+/m0/s1. The van der Waals surface area contributed by atoms with E-state index in [1.807, 2.05) is 43.3 Å². The lowest BCUT2D eigenvalue weighted by atomic mass is 9.45. The summed E-state index contributed by atoms with van der Waals surface area (Å²) in [6.45, 7) is 1.96. The predicted molar refractivity (Wildman–Crippen MR) is 98.2 cm³/mol. The Balaban J connectivity index is 2.00. The van der Waals surface area contributed by atoms with Crippen molar-refractivity contribution >= 4 is 27.9 Å². The molecule has 1 fully saturated rings. The fourth-order valence-corrected chi connectivity index (χ4v) is 6.63. The van der Waals surface area contributed by atoms with Crippen LogP contribution in [0.25, 0.3) is 0 Å². The molecule has 2 bridgehead atoms. The molecule has 6 rings (SSSR count). The second kappa shape index (κ2) is 5.05. The second-order valence-corrected chi connectivity index (χ2v) is 8.58. The smallest absolute Gasteiger partial charge is 0.332 e. The molecule has 132 valence electrons. The van der Waals surface area contributed by atoms with Gasteiger partial charge in [-0.2, -0.15) is 0 Å². The average molecular weight is 413 g/mol. The van der Waals surface area contributed by atoms with Crippen LogP contribution in [0.15, 0.2) is 48.5 Å². The van der Waals surface area contributed by atoms with Gasteiger partial charge in [0.25, 0.3) is 0 Å². The fourth-order valence-electron chi connectivity index (χ4n) is 5.51. The molecule has 2 aromatic rings. The van der Waals surface area contributed by atoms with E-state index in [4.69, 9.17) is 9.47 Å². The van der Waals surface area contributed by atoms with Crippen LogP contribution in [0, 0.1) is 5.92 Å². The summed E-state index contributed by atoms with van der Waals surface area (Å²) in [5.74, 6) is -1.93. The molecule has 0 unspecified atom stereocenters. The molecule has 26 heavy (non-hydrogen) atoms. The van der Waals surface area contributed by atoms with Crippen molar-refractivity contribution in [1.29, 1.82) is 0 Å². The lowest BCUT2D eigenvalue weighted by molar-refractivity contribution is -0.154. The Hall–Kier alpha value is -1.98. The minimum atomic E-state index is -1.11. The normalized spacial score (nSPS) is 34.7. The third kappa shape index (κ3) is 1.52. The van der Waals surface area contributed by atoms with Gasteiger partial charge in [-0.15, -0.1) is 0 Å². The highest BCUT2D eigenvalue weighted by molar-refractivity contribution is 9.10. The van der Waals surface area contributed by atoms with Gasteiger partial charge in [-0.1, -0.05) is 64.5 Å². The molecule has 0 spiro atoms. The van der Waals surface area contributed by atoms with Crippen LogP contribution < -0.4 is 0 Å². The maximum atomic E-state index is 12.9. The van der Waals surface area contributed by atoms with Crippen LogP contribution in [0.4, 0.5) is 0 Å². The molecule has 4 nitrogen and oxygen atoms in total. The first-order valence-electron chi connectivity index (χ1n) is 8.65. The van der Waals surface area contributed by atoms with Crippen molar-refractivity contribution in [2.45, 2.75) is 28.7 Å². The summed E-state index contributed by atoms with van der Waals surface area (Å²) in [5, 5.41) is 0. The molecule has 0 saturated carbocycles. The third-order valence-electron chi connectivity index (χ3n) is 6.47. The first-order valence-corrected chi connectivity index (χ1v) is 9.45. The number of esters is 2. The van der Waals surface area contributed by atoms with Crippen LogP contribution in [0.5, 0.6) is 0 Å². The molecule has 1 heterocycles. The Morgan fingerprint density at radius 3 is 2.12 bits per heavy atom. The fraction of sp³-hybridized carbons (Fsp3) is 0.333. The Kier molecular flexibility index (Phi) is 3.15. The van der Waals surface area contributed by atoms with Gasteiger partial charge in [0.1, 0.15) is 10.2 Å². The predicted octanol–water partition coefficient (Wildman–Crippen LogP) is 3.30. The van der Waals surface area contributed by atoms with Crippen molar-refractivity contribution in [3.63, 3.8) is 0 Å². The maximum Gasteiger partial charge on any atom is 0.332 e. The highest BCUT2D eigenvalue weighted by atomic mass is 79.9. The lowest BCUT2D eigenvalue weighted by Crippen LogP contribution is -2.64. The molecule has 5 heteroatoms. The van der Waals surface area contributed by atoms with Gasteiger partial charge in [-0.25, -0.2) is 4.79 Å². The monoisotopic (exact) mass is 412 g/mol. The van der Waals surface area contributed by atoms with Crippen molar-refractivity contribution in [3.8, 4) is 0 Å². The number of hydrogen-bond acceptors (Lipinski definition) is 4. The van der Waals surface area contributed by atoms with Gasteiger partial charge >= 0.3 is 11.9 Å². The molecule has 1 saturated heterocycles. The van der Waals surface area contributed by atoms with Gasteiger partial charge in [0.05, 0.1) is 11.5 Å². The minimum Gasteiger partial charge on any atom is -0.392 e. The summed E-state index contributed by atoms with van der Waals surface area (Å²) in [6, 6.07) is 16.1. The summed E-state index contributed by atoms with van der Waals surface area (Å²) in [4.78, 5) is 25.8. The number of carbonyl (C=O) groups excluding carboxylic acids is 2. The Morgan fingerprint density at radius 2 is 1.58 bits per heavy atom. The van der Waals surface area contributed by atoms with Gasteiger partial charge < -0.3 is 9.47 Å². The number of halogens is 1. The van der Waals surface area contributed by atoms with E-state index in [1.54, 1.807) is 7.11 Å². The highest BCUT2D eigenvalue weighted by Gasteiger charge is 2.76. The number of hydrogen-bond donors (Lipinski definition) is 0. The highest BCUT2D eigenvalue weighted by Crippen LogP contribution is 2.69. The zero-order chi connectivity index (χ0) is 18.3. The first kappa shape index (κ1) is 16.2. The molecule has 3 aliphatic carbocycles. The molecule has 1 aliphatic heterocycles. The molecule has 0 aromatic heterocycles. The van der Waals surface area contributed by atoms with Crippen LogP contribution >= 0.6 is 15.9 Å². The van der Waals surface area contributed by atoms with Crippen molar-refractivity contribution in [1.82, 2.24) is 0 Å². The number of cyclic esters (lactones) is 2. The van der Waals surface area contributed by atoms with Crippen LogP contribution in [0.1, 0.15) is 35.1 Å². The van der Waals surface area contributed by atoms with Crippen LogP contribution in [-0.2, 0) is 24.5 Å². The molecule has 0 amide bonds. The van der Waals surface area contributed by atoms with Crippen molar-refractivity contribution in [2.24, 2.45) is 5.92 Å². The molecular formula is C21H17BrO4. The van der Waals surface area contributed by atoms with E-state index in [1.165, 1.54) is 0 Å². The number of rotatable bonds is 2. The molecule has 4 aliphatic rings. The van der Waals surface area contributed by atoms with E-state index in [9.17, 15) is 9.59 Å². The van der Waals surface area contributed by atoms with E-state index < -0.39 is 27.6 Å². The number of methoxy groups -OCH3 is 1. The quantitative estimate of drug-likeness (QED) is 0.431. The van der Waals surface area contributed by atoms with E-state index in [2.05, 4.69) is 28.1 Å². The topological polar surface area (TPSA) is 52.6 Å². The van der Waals surface area contributed by atoms with Crippen molar-refractivity contribution in [3.05, 3.63) is 70.8 Å². The maximum absolute atomic E-state index is 12.9. The Bertz CT molecular complexity index is 920. The number of alkyl halides is 1. The zero-order valence-corrected chi connectivity index (χ0v) is 15.9. The van der Waals surface area contributed by atoms with Gasteiger partial charge in [0.2, 0.25) is 0 Å². The summed E-state index contributed by atoms with van der Waals surface area (Å²) >= 11 is 3.71. The Morgan fingerprint density at radius 1 is 1.04 bits per heavy atom. The van der Waals surface area contributed by atoms with Crippen LogP contribution in [-0.4, -0.2) is 29.5 Å². The second-order valence-electron chi connectivity index (χ2n) is 7.26. The summed E-state index contributed by atoms with van der Waals surface area (Å²) in [5.41, 5.74) is 3.41. The molecular weight excluding hydrogens is 396 g/mol. The zero-order valence-electron chi connectivity index (χ0n) is 14.4. The van der Waals surface area contributed by atoms with Crippen molar-refractivity contribution in [2.75, 3.05) is 7.11 Å². The molecule has 3 atom stereocenters. The van der Waals surface area contributed by atoms with E-state index >= 15 is 0 Å². The van der Waals surface area contributed by atoms with Gasteiger partial charge in [-0.3, -0.25) is 4.79 Å². The average Bonchev–Trinajstić information content (AvgIpc) is 2.90. The Labute approximate surface area is 159 Å². The van der Waals surface area contributed by atoms with Crippen LogP contribution in [0.2, 0.25) is 0 Å². The van der Waals surface area contributed by atoms with Gasteiger partial charge in [-0.05, 0) is 29.2 Å². The van der Waals surface area contributed by atoms with Crippen LogP contribution in [0.3, 0.4) is 0 Å². The van der Waals surface area contributed by atoms with Crippen molar-refractivity contribution < 1.29 is 19.1 Å². The number of ether oxygens (including phenoxy) is 2. The molecule has 0 N–H and O–H groups in total. The summed E-state index contributed by atoms with van der Waals surface area (Å²) < 4.78 is 9.90. The van der Waals surface area contributed by atoms with Gasteiger partial charge in [0, 0.05) is 13.0 Å². The van der Waals surface area contributed by atoms with E-state index in [-0.39, 0.29) is 12.0 Å². The first-order chi connectivity index (χ1) is 12.5. The third-order valence-corrected chi connectivity index (χ3v) is 7.71.